The Bertz CT molecular complexity index is 366. The van der Waals surface area contributed by atoms with Crippen LogP contribution in [0.1, 0.15) is 49.9 Å². The van der Waals surface area contributed by atoms with Crippen LogP contribution in [0.25, 0.3) is 0 Å². The zero-order chi connectivity index (χ0) is 12.3. The molecule has 88 valence electrons. The first kappa shape index (κ1) is 12.6. The van der Waals surface area contributed by atoms with Gasteiger partial charge >= 0.3 is 5.97 Å². The van der Waals surface area contributed by atoms with Crippen molar-refractivity contribution in [3.05, 3.63) is 23.8 Å². The molecule has 1 aromatic heterocycles. The summed E-state index contributed by atoms with van der Waals surface area (Å²) in [5.41, 5.74) is 5.42. The van der Waals surface area contributed by atoms with E-state index >= 15 is 0 Å². The van der Waals surface area contributed by atoms with Gasteiger partial charge < -0.3 is 10.5 Å². The van der Waals surface area contributed by atoms with Crippen molar-refractivity contribution < 1.29 is 9.53 Å². The maximum atomic E-state index is 11.6. The van der Waals surface area contributed by atoms with Gasteiger partial charge in [0.1, 0.15) is 11.4 Å². The minimum atomic E-state index is -0.517. The maximum Gasteiger partial charge on any atom is 0.341 e. The van der Waals surface area contributed by atoms with Crippen molar-refractivity contribution in [1.82, 2.24) is 9.97 Å². The first-order valence-corrected chi connectivity index (χ1v) is 5.10. The summed E-state index contributed by atoms with van der Waals surface area (Å²) in [6.07, 6.45) is 2.86. The van der Waals surface area contributed by atoms with Crippen molar-refractivity contribution in [3.8, 4) is 0 Å². The van der Waals surface area contributed by atoms with Crippen LogP contribution < -0.4 is 5.73 Å². The van der Waals surface area contributed by atoms with Gasteiger partial charge in [-0.3, -0.25) is 0 Å². The third kappa shape index (κ3) is 3.58. The van der Waals surface area contributed by atoms with E-state index in [4.69, 9.17) is 10.5 Å². The molecular weight excluding hydrogens is 206 g/mol. The summed E-state index contributed by atoms with van der Waals surface area (Å²) < 4.78 is 5.17. The standard InChI is InChI=1S/C11H17N3O2/c1-7(12)9-13-5-8(6-14-9)10(15)16-11(2,3)4/h5-7H,12H2,1-4H3. The summed E-state index contributed by atoms with van der Waals surface area (Å²) in [5.74, 6) is 0.0797. The third-order valence-corrected chi connectivity index (χ3v) is 1.71. The Hall–Kier alpha value is -1.49. The fraction of sp³-hybridized carbons (Fsp3) is 0.545. The monoisotopic (exact) mass is 223 g/mol. The molecule has 0 saturated heterocycles. The zero-order valence-electron chi connectivity index (χ0n) is 10.0. The van der Waals surface area contributed by atoms with Gasteiger partial charge in [-0.05, 0) is 27.7 Å². The lowest BCUT2D eigenvalue weighted by molar-refractivity contribution is 0.00685. The van der Waals surface area contributed by atoms with Crippen LogP contribution in [0.3, 0.4) is 0 Å². The molecule has 0 aliphatic heterocycles. The van der Waals surface area contributed by atoms with Gasteiger partial charge in [-0.1, -0.05) is 0 Å². The van der Waals surface area contributed by atoms with E-state index in [1.807, 2.05) is 20.8 Å². The molecule has 2 N–H and O–H groups in total. The highest BCUT2D eigenvalue weighted by atomic mass is 16.6. The Morgan fingerprint density at radius 2 is 1.88 bits per heavy atom. The number of hydrogen-bond donors (Lipinski definition) is 1. The predicted molar refractivity (Wildman–Crippen MR) is 59.8 cm³/mol. The molecule has 1 unspecified atom stereocenters. The highest BCUT2D eigenvalue weighted by Gasteiger charge is 2.18. The molecule has 1 atom stereocenters. The number of esters is 1. The average Bonchev–Trinajstić information content (AvgIpc) is 2.15. The second-order valence-electron chi connectivity index (χ2n) is 4.62. The zero-order valence-corrected chi connectivity index (χ0v) is 10.0. The molecule has 0 bridgehead atoms. The SMILES string of the molecule is CC(N)c1ncc(C(=O)OC(C)(C)C)cn1. The molecule has 1 heterocycles. The molecule has 0 aliphatic rings. The molecule has 1 rings (SSSR count). The summed E-state index contributed by atoms with van der Waals surface area (Å²) in [6, 6.07) is -0.243. The molecule has 0 amide bonds. The van der Waals surface area contributed by atoms with Crippen LogP contribution in [0.15, 0.2) is 12.4 Å². The molecule has 0 radical (unpaired) electrons. The number of carbonyl (C=O) groups is 1. The van der Waals surface area contributed by atoms with Crippen molar-refractivity contribution in [2.24, 2.45) is 5.73 Å². The van der Waals surface area contributed by atoms with Gasteiger partial charge in [0.25, 0.3) is 0 Å². The van der Waals surface area contributed by atoms with Gasteiger partial charge in [0, 0.05) is 12.4 Å². The molecule has 0 saturated carbocycles. The van der Waals surface area contributed by atoms with E-state index in [2.05, 4.69) is 9.97 Å². The number of aromatic nitrogens is 2. The summed E-state index contributed by atoms with van der Waals surface area (Å²) >= 11 is 0. The minimum Gasteiger partial charge on any atom is -0.456 e. The number of carbonyl (C=O) groups excluding carboxylic acids is 1. The maximum absolute atomic E-state index is 11.6. The molecule has 5 nitrogen and oxygen atoms in total. The molecule has 16 heavy (non-hydrogen) atoms. The lowest BCUT2D eigenvalue weighted by Gasteiger charge is -2.19. The fourth-order valence-corrected chi connectivity index (χ4v) is 1.02. The quantitative estimate of drug-likeness (QED) is 0.768. The van der Waals surface area contributed by atoms with E-state index < -0.39 is 11.6 Å². The Labute approximate surface area is 95.0 Å². The van der Waals surface area contributed by atoms with Crippen molar-refractivity contribution in [2.45, 2.75) is 39.3 Å². The van der Waals surface area contributed by atoms with E-state index in [1.165, 1.54) is 12.4 Å². The van der Waals surface area contributed by atoms with Crippen LogP contribution in [-0.4, -0.2) is 21.5 Å². The third-order valence-electron chi connectivity index (χ3n) is 1.71. The second kappa shape index (κ2) is 4.57. The summed E-state index contributed by atoms with van der Waals surface area (Å²) in [4.78, 5) is 19.6. The number of rotatable bonds is 2. The molecule has 0 fully saturated rings. The van der Waals surface area contributed by atoms with Crippen molar-refractivity contribution in [1.29, 1.82) is 0 Å². The van der Waals surface area contributed by atoms with Crippen LogP contribution in [-0.2, 0) is 4.74 Å². The molecule has 0 aliphatic carbocycles. The lowest BCUT2D eigenvalue weighted by Crippen LogP contribution is -2.24. The Morgan fingerprint density at radius 1 is 1.38 bits per heavy atom. The van der Waals surface area contributed by atoms with E-state index in [-0.39, 0.29) is 6.04 Å². The van der Waals surface area contributed by atoms with E-state index in [0.717, 1.165) is 0 Å². The number of hydrogen-bond acceptors (Lipinski definition) is 5. The Balaban J connectivity index is 2.78. The molecule has 0 aromatic carbocycles. The van der Waals surface area contributed by atoms with Gasteiger partial charge in [-0.25, -0.2) is 14.8 Å². The highest BCUT2D eigenvalue weighted by Crippen LogP contribution is 2.11. The summed E-state index contributed by atoms with van der Waals surface area (Å²) in [7, 11) is 0. The topological polar surface area (TPSA) is 78.1 Å². The average molecular weight is 223 g/mol. The van der Waals surface area contributed by atoms with E-state index in [9.17, 15) is 4.79 Å². The number of nitrogens with two attached hydrogens (primary N) is 1. The molecular formula is C11H17N3O2. The van der Waals surface area contributed by atoms with Crippen LogP contribution in [0.2, 0.25) is 0 Å². The van der Waals surface area contributed by atoms with Crippen molar-refractivity contribution in [2.75, 3.05) is 0 Å². The molecule has 5 heteroatoms. The van der Waals surface area contributed by atoms with Gasteiger partial charge in [-0.15, -0.1) is 0 Å². The van der Waals surface area contributed by atoms with Crippen LogP contribution in [0.4, 0.5) is 0 Å². The number of nitrogens with zero attached hydrogens (tertiary/aromatic N) is 2. The fourth-order valence-electron chi connectivity index (χ4n) is 1.02. The van der Waals surface area contributed by atoms with Gasteiger partial charge in [0.05, 0.1) is 11.6 Å². The summed E-state index contributed by atoms with van der Waals surface area (Å²) in [6.45, 7) is 7.20. The molecule has 0 spiro atoms. The first-order chi connectivity index (χ1) is 7.29. The van der Waals surface area contributed by atoms with Gasteiger partial charge in [-0.2, -0.15) is 0 Å². The van der Waals surface area contributed by atoms with Crippen LogP contribution >= 0.6 is 0 Å². The Morgan fingerprint density at radius 3 is 2.25 bits per heavy atom. The van der Waals surface area contributed by atoms with E-state index in [0.29, 0.717) is 11.4 Å². The number of ether oxygens (including phenoxy) is 1. The highest BCUT2D eigenvalue weighted by molar-refractivity contribution is 5.88. The van der Waals surface area contributed by atoms with Gasteiger partial charge in [0.2, 0.25) is 0 Å². The van der Waals surface area contributed by atoms with E-state index in [1.54, 1.807) is 6.92 Å². The largest absolute Gasteiger partial charge is 0.456 e. The smallest absolute Gasteiger partial charge is 0.341 e. The van der Waals surface area contributed by atoms with Crippen molar-refractivity contribution >= 4 is 5.97 Å². The Kier molecular flexibility index (Phi) is 3.59. The van der Waals surface area contributed by atoms with Crippen LogP contribution in [0.5, 0.6) is 0 Å². The predicted octanol–water partition coefficient (Wildman–Crippen LogP) is 1.45. The summed E-state index contributed by atoms with van der Waals surface area (Å²) in [5, 5.41) is 0. The lowest BCUT2D eigenvalue weighted by atomic mass is 10.2. The second-order valence-corrected chi connectivity index (χ2v) is 4.62. The van der Waals surface area contributed by atoms with Crippen molar-refractivity contribution in [3.63, 3.8) is 0 Å². The first-order valence-electron chi connectivity index (χ1n) is 5.10. The minimum absolute atomic E-state index is 0.243. The van der Waals surface area contributed by atoms with Gasteiger partial charge in [0.15, 0.2) is 0 Å². The van der Waals surface area contributed by atoms with Crippen LogP contribution in [0, 0.1) is 0 Å². The molecule has 1 aromatic rings. The normalized spacial score (nSPS) is 13.3.